The van der Waals surface area contributed by atoms with Crippen LogP contribution in [0, 0.1) is 6.92 Å². The van der Waals surface area contributed by atoms with Crippen molar-refractivity contribution in [2.45, 2.75) is 62.6 Å². The average Bonchev–Trinajstić information content (AvgIpc) is 3.60. The summed E-state index contributed by atoms with van der Waals surface area (Å²) >= 11 is 6.47. The maximum atomic E-state index is 14.7. The van der Waals surface area contributed by atoms with Crippen molar-refractivity contribution in [3.05, 3.63) is 125 Å². The van der Waals surface area contributed by atoms with Gasteiger partial charge >= 0.3 is 0 Å². The van der Waals surface area contributed by atoms with Gasteiger partial charge in [-0.2, -0.15) is 0 Å². The van der Waals surface area contributed by atoms with Crippen LogP contribution in [0.15, 0.2) is 108 Å². The molecule has 0 radical (unpaired) electrons. The molecule has 0 saturated heterocycles. The third-order valence-corrected chi connectivity index (χ3v) is 10.7. The summed E-state index contributed by atoms with van der Waals surface area (Å²) in [4.78, 5) is 30.3. The molecule has 4 aromatic rings. The Labute approximate surface area is 282 Å². The largest absolute Gasteiger partial charge is 0.497 e. The third kappa shape index (κ3) is 8.53. The van der Waals surface area contributed by atoms with E-state index in [0.717, 1.165) is 46.7 Å². The molecule has 0 spiro atoms. The highest BCUT2D eigenvalue weighted by Crippen LogP contribution is 2.29. The standard InChI is InChI=1S/C37H40ClN3O5S/c1-27-20-21-31(24-34(27)38)41(47(44,45)33-18-7-4-8-19-33)26-36(42)40(25-29-14-11-17-32(22-29)46-2)35(23-28-12-5-3-6-13-28)37(43)39-30-15-9-10-16-30/h3-8,11-14,17-22,24,30,35H,9-10,15-16,23,25-26H2,1-2H3,(H,39,43)/t35-/m1/s1. The fourth-order valence-corrected chi connectivity index (χ4v) is 7.48. The minimum Gasteiger partial charge on any atom is -0.497 e. The van der Waals surface area contributed by atoms with Gasteiger partial charge in [0.2, 0.25) is 11.8 Å². The van der Waals surface area contributed by atoms with Gasteiger partial charge in [0.15, 0.2) is 0 Å². The third-order valence-electron chi connectivity index (χ3n) is 8.51. The number of hydrogen-bond donors (Lipinski definition) is 1. The highest BCUT2D eigenvalue weighted by Gasteiger charge is 2.35. The molecule has 1 N–H and O–H groups in total. The first-order chi connectivity index (χ1) is 22.7. The quantitative estimate of drug-likeness (QED) is 0.174. The Balaban J connectivity index is 1.58. The number of carbonyl (C=O) groups excluding carboxylic acids is 2. The van der Waals surface area contributed by atoms with E-state index in [1.165, 1.54) is 17.0 Å². The first kappa shape index (κ1) is 34.0. The number of methoxy groups -OCH3 is 1. The minimum atomic E-state index is -4.21. The van der Waals surface area contributed by atoms with Crippen molar-refractivity contribution in [1.82, 2.24) is 10.2 Å². The molecule has 4 aromatic carbocycles. The van der Waals surface area contributed by atoms with Crippen LogP contribution < -0.4 is 14.4 Å². The smallest absolute Gasteiger partial charge is 0.264 e. The molecular weight excluding hydrogens is 634 g/mol. The molecular formula is C37H40ClN3O5S. The van der Waals surface area contributed by atoms with Gasteiger partial charge in [-0.25, -0.2) is 8.42 Å². The van der Waals surface area contributed by atoms with E-state index in [-0.39, 0.29) is 35.5 Å². The minimum absolute atomic E-state index is 0.0270. The number of carbonyl (C=O) groups is 2. The molecule has 1 fully saturated rings. The Bertz CT molecular complexity index is 1780. The summed E-state index contributed by atoms with van der Waals surface area (Å²) < 4.78 is 34.9. The number of halogens is 1. The van der Waals surface area contributed by atoms with Crippen molar-refractivity contribution in [2.24, 2.45) is 0 Å². The molecule has 1 atom stereocenters. The van der Waals surface area contributed by atoms with E-state index < -0.39 is 28.5 Å². The number of amides is 2. The zero-order valence-corrected chi connectivity index (χ0v) is 28.2. The molecule has 10 heteroatoms. The van der Waals surface area contributed by atoms with Crippen LogP contribution in [0.2, 0.25) is 5.02 Å². The van der Waals surface area contributed by atoms with Gasteiger partial charge in [0.1, 0.15) is 18.3 Å². The second-order valence-electron chi connectivity index (χ2n) is 11.8. The number of ether oxygens (including phenoxy) is 1. The Morgan fingerprint density at radius 3 is 2.21 bits per heavy atom. The molecule has 2 amide bonds. The summed E-state index contributed by atoms with van der Waals surface area (Å²) in [6.07, 6.45) is 4.07. The predicted molar refractivity (Wildman–Crippen MR) is 185 cm³/mol. The highest BCUT2D eigenvalue weighted by molar-refractivity contribution is 7.92. The van der Waals surface area contributed by atoms with Crippen LogP contribution in [0.1, 0.15) is 42.4 Å². The monoisotopic (exact) mass is 673 g/mol. The summed E-state index contributed by atoms with van der Waals surface area (Å²) in [6.45, 7) is 1.32. The highest BCUT2D eigenvalue weighted by atomic mass is 35.5. The Morgan fingerprint density at radius 2 is 1.55 bits per heavy atom. The Kier molecular flexibility index (Phi) is 11.2. The maximum absolute atomic E-state index is 14.7. The van der Waals surface area contributed by atoms with Crippen molar-refractivity contribution in [3.63, 3.8) is 0 Å². The van der Waals surface area contributed by atoms with Crippen LogP contribution in [-0.2, 0) is 32.6 Å². The number of aryl methyl sites for hydroxylation is 1. The summed E-state index contributed by atoms with van der Waals surface area (Å²) in [5.74, 6) is -0.202. The molecule has 0 bridgehead atoms. The molecule has 5 rings (SSSR count). The average molecular weight is 674 g/mol. The van der Waals surface area contributed by atoms with Gasteiger partial charge in [0.25, 0.3) is 10.0 Å². The molecule has 0 aliphatic heterocycles. The van der Waals surface area contributed by atoms with E-state index in [2.05, 4.69) is 5.32 Å². The molecule has 1 saturated carbocycles. The van der Waals surface area contributed by atoms with Crippen molar-refractivity contribution in [3.8, 4) is 5.75 Å². The lowest BCUT2D eigenvalue weighted by molar-refractivity contribution is -0.140. The molecule has 0 aromatic heterocycles. The molecule has 1 aliphatic carbocycles. The lowest BCUT2D eigenvalue weighted by Crippen LogP contribution is -2.54. The second kappa shape index (κ2) is 15.5. The summed E-state index contributed by atoms with van der Waals surface area (Å²) in [7, 11) is -2.65. The van der Waals surface area contributed by atoms with Crippen LogP contribution in [0.4, 0.5) is 5.69 Å². The summed E-state index contributed by atoms with van der Waals surface area (Å²) in [5.41, 5.74) is 2.63. The van der Waals surface area contributed by atoms with Crippen LogP contribution in [0.25, 0.3) is 0 Å². The van der Waals surface area contributed by atoms with E-state index in [1.54, 1.807) is 49.6 Å². The number of sulfonamides is 1. The van der Waals surface area contributed by atoms with Crippen LogP contribution >= 0.6 is 11.6 Å². The maximum Gasteiger partial charge on any atom is 0.264 e. The Hall–Kier alpha value is -4.34. The number of nitrogens with zero attached hydrogens (tertiary/aromatic N) is 2. The number of rotatable bonds is 13. The molecule has 0 heterocycles. The fraction of sp³-hybridized carbons (Fsp3) is 0.297. The van der Waals surface area contributed by atoms with Crippen LogP contribution in [0.5, 0.6) is 5.75 Å². The van der Waals surface area contributed by atoms with E-state index in [0.29, 0.717) is 10.8 Å². The normalized spacial score (nSPS) is 13.9. The number of nitrogens with one attached hydrogen (secondary N) is 1. The van der Waals surface area contributed by atoms with Crippen molar-refractivity contribution >= 4 is 39.1 Å². The van der Waals surface area contributed by atoms with E-state index in [1.807, 2.05) is 55.5 Å². The molecule has 47 heavy (non-hydrogen) atoms. The zero-order chi connectivity index (χ0) is 33.4. The summed E-state index contributed by atoms with van der Waals surface area (Å²) in [6, 6.07) is 28.8. The van der Waals surface area contributed by atoms with Gasteiger partial charge in [-0.3, -0.25) is 13.9 Å². The lowest BCUT2D eigenvalue weighted by Gasteiger charge is -2.34. The van der Waals surface area contributed by atoms with Crippen molar-refractivity contribution in [2.75, 3.05) is 18.0 Å². The van der Waals surface area contributed by atoms with E-state index in [9.17, 15) is 18.0 Å². The summed E-state index contributed by atoms with van der Waals surface area (Å²) in [5, 5.41) is 3.56. The van der Waals surface area contributed by atoms with Crippen LogP contribution in [0.3, 0.4) is 0 Å². The number of hydrogen-bond acceptors (Lipinski definition) is 5. The van der Waals surface area contributed by atoms with Gasteiger partial charge in [-0.15, -0.1) is 0 Å². The molecule has 8 nitrogen and oxygen atoms in total. The lowest BCUT2D eigenvalue weighted by atomic mass is 10.0. The molecule has 1 aliphatic rings. The van der Waals surface area contributed by atoms with Gasteiger partial charge in [0.05, 0.1) is 17.7 Å². The first-order valence-corrected chi connectivity index (χ1v) is 17.6. The molecule has 246 valence electrons. The van der Waals surface area contributed by atoms with Gasteiger partial charge in [-0.05, 0) is 72.9 Å². The molecule has 0 unspecified atom stereocenters. The zero-order valence-electron chi connectivity index (χ0n) is 26.6. The van der Waals surface area contributed by atoms with E-state index >= 15 is 0 Å². The van der Waals surface area contributed by atoms with Crippen LogP contribution in [-0.4, -0.2) is 50.9 Å². The second-order valence-corrected chi connectivity index (χ2v) is 14.1. The first-order valence-electron chi connectivity index (χ1n) is 15.8. The topological polar surface area (TPSA) is 96.0 Å². The van der Waals surface area contributed by atoms with Gasteiger partial charge in [0, 0.05) is 24.0 Å². The Morgan fingerprint density at radius 1 is 0.894 bits per heavy atom. The van der Waals surface area contributed by atoms with Crippen molar-refractivity contribution < 1.29 is 22.7 Å². The number of benzene rings is 4. The van der Waals surface area contributed by atoms with Crippen molar-refractivity contribution in [1.29, 1.82) is 0 Å². The SMILES string of the molecule is COc1cccc(CN(C(=O)CN(c2ccc(C)c(Cl)c2)S(=O)(=O)c2ccccc2)[C@H](Cc2ccccc2)C(=O)NC2CCCC2)c1. The van der Waals surface area contributed by atoms with Gasteiger partial charge < -0.3 is 15.0 Å². The van der Waals surface area contributed by atoms with E-state index in [4.69, 9.17) is 16.3 Å². The fourth-order valence-electron chi connectivity index (χ4n) is 5.87. The predicted octanol–water partition coefficient (Wildman–Crippen LogP) is 6.55. The van der Waals surface area contributed by atoms with Gasteiger partial charge in [-0.1, -0.05) is 91.2 Å². The number of anilines is 1.